The minimum absolute atomic E-state index is 0.0152. The summed E-state index contributed by atoms with van der Waals surface area (Å²) in [7, 11) is 0. The molecule has 2 aromatic rings. The van der Waals surface area contributed by atoms with Crippen molar-refractivity contribution >= 4 is 11.7 Å². The van der Waals surface area contributed by atoms with Gasteiger partial charge in [-0.15, -0.1) is 0 Å². The smallest absolute Gasteiger partial charge is 0.322 e. The number of hydrogen-bond acceptors (Lipinski definition) is 2. The summed E-state index contributed by atoms with van der Waals surface area (Å²) in [6, 6.07) is 14.2. The van der Waals surface area contributed by atoms with Gasteiger partial charge in [0.1, 0.15) is 0 Å². The highest BCUT2D eigenvalue weighted by atomic mass is 16.3. The number of aliphatic hydroxyl groups excluding tert-OH is 1. The first kappa shape index (κ1) is 17.5. The molecular formula is C21H26N2O2. The number of hydrogen-bond donors (Lipinski definition) is 2. The molecule has 0 saturated heterocycles. The summed E-state index contributed by atoms with van der Waals surface area (Å²) in [5.74, 6) is 0. The van der Waals surface area contributed by atoms with Gasteiger partial charge < -0.3 is 15.3 Å². The molecule has 0 radical (unpaired) electrons. The molecule has 2 N–H and O–H groups in total. The van der Waals surface area contributed by atoms with Gasteiger partial charge in [-0.3, -0.25) is 0 Å². The van der Waals surface area contributed by atoms with Gasteiger partial charge in [0.15, 0.2) is 0 Å². The molecule has 2 aromatic carbocycles. The Morgan fingerprint density at radius 1 is 1.16 bits per heavy atom. The van der Waals surface area contributed by atoms with E-state index in [1.807, 2.05) is 44.2 Å². The number of carbonyl (C=O) groups excluding carboxylic acids is 1. The molecule has 0 aliphatic heterocycles. The lowest BCUT2D eigenvalue weighted by Gasteiger charge is -2.36. The first-order valence-electron chi connectivity index (χ1n) is 8.94. The quantitative estimate of drug-likeness (QED) is 0.877. The number of aryl methyl sites for hydroxylation is 3. The van der Waals surface area contributed by atoms with Gasteiger partial charge in [0.05, 0.1) is 12.6 Å². The van der Waals surface area contributed by atoms with E-state index in [0.717, 1.165) is 36.1 Å². The Kier molecular flexibility index (Phi) is 5.39. The van der Waals surface area contributed by atoms with E-state index in [-0.39, 0.29) is 18.7 Å². The van der Waals surface area contributed by atoms with Crippen molar-refractivity contribution in [3.8, 4) is 0 Å². The van der Waals surface area contributed by atoms with Crippen molar-refractivity contribution in [1.82, 2.24) is 4.90 Å². The summed E-state index contributed by atoms with van der Waals surface area (Å²) in [6.45, 7) is 4.28. The lowest BCUT2D eigenvalue weighted by molar-refractivity contribution is 0.155. The van der Waals surface area contributed by atoms with Gasteiger partial charge in [-0.25, -0.2) is 4.79 Å². The summed E-state index contributed by atoms with van der Waals surface area (Å²) in [5.41, 5.74) is 5.46. The Morgan fingerprint density at radius 3 is 2.60 bits per heavy atom. The molecule has 0 spiro atoms. The lowest BCUT2D eigenvalue weighted by atomic mass is 9.87. The monoisotopic (exact) mass is 338 g/mol. The fourth-order valence-electron chi connectivity index (χ4n) is 3.75. The third-order valence-corrected chi connectivity index (χ3v) is 5.03. The average molecular weight is 338 g/mol. The van der Waals surface area contributed by atoms with Crippen LogP contribution in [0.5, 0.6) is 0 Å². The summed E-state index contributed by atoms with van der Waals surface area (Å²) >= 11 is 0. The summed E-state index contributed by atoms with van der Waals surface area (Å²) < 4.78 is 0. The zero-order valence-corrected chi connectivity index (χ0v) is 15.0. The van der Waals surface area contributed by atoms with E-state index in [4.69, 9.17) is 0 Å². The van der Waals surface area contributed by atoms with Crippen molar-refractivity contribution < 1.29 is 9.90 Å². The van der Waals surface area contributed by atoms with Gasteiger partial charge >= 0.3 is 6.03 Å². The van der Waals surface area contributed by atoms with E-state index < -0.39 is 0 Å². The lowest BCUT2D eigenvalue weighted by Crippen LogP contribution is -2.41. The first-order chi connectivity index (χ1) is 12.1. The van der Waals surface area contributed by atoms with Crippen LogP contribution in [0.15, 0.2) is 42.5 Å². The van der Waals surface area contributed by atoms with Crippen molar-refractivity contribution in [2.45, 2.75) is 39.2 Å². The number of nitrogens with zero attached hydrogens (tertiary/aromatic N) is 1. The van der Waals surface area contributed by atoms with Crippen LogP contribution < -0.4 is 5.32 Å². The van der Waals surface area contributed by atoms with Gasteiger partial charge in [0, 0.05) is 12.2 Å². The maximum atomic E-state index is 13.0. The molecular weight excluding hydrogens is 312 g/mol. The Morgan fingerprint density at radius 2 is 1.88 bits per heavy atom. The molecule has 132 valence electrons. The molecule has 0 bridgehead atoms. The topological polar surface area (TPSA) is 52.6 Å². The normalized spacial score (nSPS) is 16.2. The van der Waals surface area contributed by atoms with Gasteiger partial charge in [-0.1, -0.05) is 42.5 Å². The van der Waals surface area contributed by atoms with Gasteiger partial charge in [0.25, 0.3) is 0 Å². The standard InChI is InChI=1S/C21H26N2O2/c1-15-7-5-8-16(2)20(15)22-21(25)23(13-14-24)19-12-6-10-17-9-3-4-11-18(17)19/h3-5,7-9,11,19,24H,6,10,12-14H2,1-2H3,(H,22,25). The molecule has 3 rings (SSSR count). The molecule has 0 heterocycles. The van der Waals surface area contributed by atoms with Crippen molar-refractivity contribution in [2.24, 2.45) is 0 Å². The summed E-state index contributed by atoms with van der Waals surface area (Å²) in [4.78, 5) is 14.8. The fraction of sp³-hybridized carbons (Fsp3) is 0.381. The molecule has 4 nitrogen and oxygen atoms in total. The van der Waals surface area contributed by atoms with Crippen LogP contribution in [0.25, 0.3) is 0 Å². The summed E-state index contributed by atoms with van der Waals surface area (Å²) in [5, 5.41) is 12.6. The molecule has 1 atom stereocenters. The second-order valence-corrected chi connectivity index (χ2v) is 6.72. The van der Waals surface area contributed by atoms with Crippen LogP contribution in [0.1, 0.15) is 41.1 Å². The van der Waals surface area contributed by atoms with Crippen LogP contribution >= 0.6 is 0 Å². The van der Waals surface area contributed by atoms with Gasteiger partial charge in [0.2, 0.25) is 0 Å². The number of rotatable bonds is 4. The van der Waals surface area contributed by atoms with Crippen LogP contribution in [0.3, 0.4) is 0 Å². The predicted octanol–water partition coefficient (Wildman–Crippen LogP) is 4.21. The highest BCUT2D eigenvalue weighted by molar-refractivity contribution is 5.91. The van der Waals surface area contributed by atoms with Gasteiger partial charge in [-0.05, 0) is 55.4 Å². The Balaban J connectivity index is 1.88. The van der Waals surface area contributed by atoms with Crippen molar-refractivity contribution in [1.29, 1.82) is 0 Å². The molecule has 1 aliphatic carbocycles. The Hall–Kier alpha value is -2.33. The Bertz CT molecular complexity index is 737. The first-order valence-corrected chi connectivity index (χ1v) is 8.94. The minimum atomic E-state index is -0.145. The van der Waals surface area contributed by atoms with E-state index >= 15 is 0 Å². The number of amides is 2. The SMILES string of the molecule is Cc1cccc(C)c1NC(=O)N(CCO)C1CCCc2ccccc21. The predicted molar refractivity (Wildman–Crippen MR) is 101 cm³/mol. The molecule has 1 aliphatic rings. The number of aliphatic hydroxyl groups is 1. The molecule has 2 amide bonds. The van der Waals surface area contributed by atoms with Crippen LogP contribution in [-0.2, 0) is 6.42 Å². The van der Waals surface area contributed by atoms with Crippen molar-refractivity contribution in [2.75, 3.05) is 18.5 Å². The van der Waals surface area contributed by atoms with E-state index in [9.17, 15) is 9.90 Å². The van der Waals surface area contributed by atoms with Gasteiger partial charge in [-0.2, -0.15) is 0 Å². The van der Waals surface area contributed by atoms with Crippen LogP contribution in [0, 0.1) is 13.8 Å². The van der Waals surface area contributed by atoms with E-state index in [0.29, 0.717) is 6.54 Å². The Labute approximate surface area is 149 Å². The maximum absolute atomic E-state index is 13.0. The molecule has 0 saturated carbocycles. The highest BCUT2D eigenvalue weighted by Gasteiger charge is 2.29. The third kappa shape index (κ3) is 3.69. The molecule has 1 unspecified atom stereocenters. The second kappa shape index (κ2) is 7.70. The number of urea groups is 1. The summed E-state index contributed by atoms with van der Waals surface area (Å²) in [6.07, 6.45) is 3.04. The van der Waals surface area contributed by atoms with Crippen molar-refractivity contribution in [3.63, 3.8) is 0 Å². The second-order valence-electron chi connectivity index (χ2n) is 6.72. The molecule has 0 aromatic heterocycles. The van der Waals surface area contributed by atoms with E-state index in [2.05, 4.69) is 17.4 Å². The average Bonchev–Trinajstić information content (AvgIpc) is 2.62. The molecule has 4 heteroatoms. The number of para-hydroxylation sites is 1. The number of benzene rings is 2. The van der Waals surface area contributed by atoms with E-state index in [1.54, 1.807) is 4.90 Å². The number of carbonyl (C=O) groups is 1. The maximum Gasteiger partial charge on any atom is 0.322 e. The zero-order valence-electron chi connectivity index (χ0n) is 15.0. The van der Waals surface area contributed by atoms with Crippen LogP contribution in [-0.4, -0.2) is 29.2 Å². The molecule has 0 fully saturated rings. The minimum Gasteiger partial charge on any atom is -0.395 e. The zero-order chi connectivity index (χ0) is 17.8. The van der Waals surface area contributed by atoms with Crippen molar-refractivity contribution in [3.05, 3.63) is 64.7 Å². The number of anilines is 1. The molecule has 25 heavy (non-hydrogen) atoms. The number of nitrogens with one attached hydrogen (secondary N) is 1. The number of fused-ring (bicyclic) bond motifs is 1. The largest absolute Gasteiger partial charge is 0.395 e. The fourth-order valence-corrected chi connectivity index (χ4v) is 3.75. The van der Waals surface area contributed by atoms with Crippen LogP contribution in [0.4, 0.5) is 10.5 Å². The highest BCUT2D eigenvalue weighted by Crippen LogP contribution is 2.34. The van der Waals surface area contributed by atoms with E-state index in [1.165, 1.54) is 11.1 Å². The van der Waals surface area contributed by atoms with Crippen LogP contribution in [0.2, 0.25) is 0 Å². The third-order valence-electron chi connectivity index (χ3n) is 5.03.